The average Bonchev–Trinajstić information content (AvgIpc) is 3.75. The molecule has 0 radical (unpaired) electrons. The highest BCUT2D eigenvalue weighted by Gasteiger charge is 2.26. The highest BCUT2D eigenvalue weighted by molar-refractivity contribution is 5.25. The summed E-state index contributed by atoms with van der Waals surface area (Å²) >= 11 is 0. The minimum atomic E-state index is 0. The van der Waals surface area contributed by atoms with Crippen molar-refractivity contribution in [2.45, 2.75) is 181 Å². The molecular weight excluding hydrogens is 601 g/mol. The van der Waals surface area contributed by atoms with E-state index in [0.717, 1.165) is 5.92 Å². The van der Waals surface area contributed by atoms with Crippen LogP contribution in [0.3, 0.4) is 0 Å². The zero-order valence-electron chi connectivity index (χ0n) is 35.6. The predicted octanol–water partition coefficient (Wildman–Crippen LogP) is 16.8. The van der Waals surface area contributed by atoms with Crippen molar-refractivity contribution in [1.29, 1.82) is 0 Å². The van der Waals surface area contributed by atoms with Crippen LogP contribution >= 0.6 is 0 Å². The Hall–Kier alpha value is -2.34. The third kappa shape index (κ3) is 24.7. The van der Waals surface area contributed by atoms with E-state index in [2.05, 4.69) is 197 Å². The van der Waals surface area contributed by atoms with Crippen LogP contribution < -0.4 is 0 Å². The lowest BCUT2D eigenvalue weighted by molar-refractivity contribution is 0.348. The van der Waals surface area contributed by atoms with Crippen LogP contribution in [0.4, 0.5) is 0 Å². The van der Waals surface area contributed by atoms with Crippen LogP contribution in [-0.2, 0) is 0 Å². The van der Waals surface area contributed by atoms with Crippen LogP contribution in [0.5, 0.6) is 0 Å². The first-order valence-electron chi connectivity index (χ1n) is 19.5. The predicted molar refractivity (Wildman–Crippen MR) is 230 cm³/mol. The summed E-state index contributed by atoms with van der Waals surface area (Å²) < 4.78 is 0. The first-order valence-corrected chi connectivity index (χ1v) is 19.5. The molecule has 0 bridgehead atoms. The summed E-state index contributed by atoms with van der Waals surface area (Å²) in [4.78, 5) is 0. The minimum Gasteiger partial charge on any atom is -0.0776 e. The molecule has 0 N–H and O–H groups in total. The van der Waals surface area contributed by atoms with Gasteiger partial charge in [-0.25, -0.2) is 0 Å². The van der Waals surface area contributed by atoms with E-state index in [0.29, 0.717) is 39.4 Å². The summed E-state index contributed by atoms with van der Waals surface area (Å²) in [6.07, 6.45) is 8.17. The summed E-state index contributed by atoms with van der Waals surface area (Å²) in [7, 11) is 0. The maximum Gasteiger partial charge on any atom is -0.0185 e. The Bertz CT molecular complexity index is 1200. The number of hydrogen-bond acceptors (Lipinski definition) is 0. The third-order valence-electron chi connectivity index (χ3n) is 9.02. The van der Waals surface area contributed by atoms with Crippen molar-refractivity contribution >= 4 is 0 Å². The lowest BCUT2D eigenvalue weighted by Gasteiger charge is -2.23. The number of rotatable bonds is 7. The van der Waals surface area contributed by atoms with Gasteiger partial charge in [0.2, 0.25) is 0 Å². The Morgan fingerprint density at radius 1 is 0.440 bits per heavy atom. The first-order chi connectivity index (χ1) is 22.3. The van der Waals surface area contributed by atoms with Gasteiger partial charge in [-0.15, -0.1) is 0 Å². The van der Waals surface area contributed by atoms with E-state index in [9.17, 15) is 0 Å². The van der Waals surface area contributed by atoms with E-state index < -0.39 is 0 Å². The van der Waals surface area contributed by atoms with Crippen molar-refractivity contribution in [1.82, 2.24) is 0 Å². The van der Waals surface area contributed by atoms with Gasteiger partial charge in [-0.1, -0.05) is 214 Å². The van der Waals surface area contributed by atoms with E-state index >= 15 is 0 Å². The summed E-state index contributed by atoms with van der Waals surface area (Å²) in [5.74, 6) is 3.09. The molecule has 0 aromatic heterocycles. The SMILES string of the molecule is C.CC(C)(C)CC1CC1.CC(CC(C)(C)C)c1ccccc1.Cc1ccc(C(C)CC(C)(C)C)cc1.Cc1ccc(C(C)CC(C)(C)C)cc1. The molecule has 50 heavy (non-hydrogen) atoms. The fraction of sp³-hybridized carbons (Fsp3) is 0.640. The number of hydrogen-bond donors (Lipinski definition) is 0. The Morgan fingerprint density at radius 2 is 0.720 bits per heavy atom. The van der Waals surface area contributed by atoms with Gasteiger partial charge in [0.1, 0.15) is 0 Å². The zero-order chi connectivity index (χ0) is 37.6. The largest absolute Gasteiger partial charge is 0.0776 e. The maximum atomic E-state index is 2.32. The fourth-order valence-corrected chi connectivity index (χ4v) is 6.87. The van der Waals surface area contributed by atoms with Crippen LogP contribution in [0, 0.1) is 41.4 Å². The van der Waals surface area contributed by atoms with E-state index in [1.54, 1.807) is 0 Å². The number of benzene rings is 3. The molecule has 1 saturated carbocycles. The first kappa shape index (κ1) is 47.7. The Morgan fingerprint density at radius 3 is 0.940 bits per heavy atom. The molecule has 3 atom stereocenters. The van der Waals surface area contributed by atoms with Gasteiger partial charge in [-0.05, 0) is 102 Å². The van der Waals surface area contributed by atoms with Gasteiger partial charge in [-0.3, -0.25) is 0 Å². The van der Waals surface area contributed by atoms with E-state index in [4.69, 9.17) is 0 Å². The van der Waals surface area contributed by atoms with Gasteiger partial charge < -0.3 is 0 Å². The van der Waals surface area contributed by atoms with Crippen molar-refractivity contribution in [3.63, 3.8) is 0 Å². The molecule has 1 aliphatic rings. The second-order valence-corrected chi connectivity index (χ2v) is 20.4. The molecule has 1 fully saturated rings. The lowest BCUT2D eigenvalue weighted by Crippen LogP contribution is -2.09. The number of aryl methyl sites for hydroxylation is 2. The minimum absolute atomic E-state index is 0. The Kier molecular flexibility index (Phi) is 20.3. The molecule has 284 valence electrons. The van der Waals surface area contributed by atoms with Crippen LogP contribution in [0.1, 0.15) is 195 Å². The van der Waals surface area contributed by atoms with Crippen molar-refractivity contribution in [2.24, 2.45) is 27.6 Å². The molecule has 0 spiro atoms. The molecule has 0 saturated heterocycles. The van der Waals surface area contributed by atoms with Crippen LogP contribution in [0.15, 0.2) is 78.9 Å². The average molecular weight is 685 g/mol. The van der Waals surface area contributed by atoms with Crippen LogP contribution in [0.25, 0.3) is 0 Å². The molecule has 0 amide bonds. The van der Waals surface area contributed by atoms with Gasteiger partial charge >= 0.3 is 0 Å². The topological polar surface area (TPSA) is 0 Å². The summed E-state index contributed by atoms with van der Waals surface area (Å²) in [6, 6.07) is 28.6. The van der Waals surface area contributed by atoms with Gasteiger partial charge in [-0.2, -0.15) is 0 Å². The van der Waals surface area contributed by atoms with Gasteiger partial charge in [0.15, 0.2) is 0 Å². The van der Waals surface area contributed by atoms with Crippen molar-refractivity contribution < 1.29 is 0 Å². The fourth-order valence-electron chi connectivity index (χ4n) is 6.87. The van der Waals surface area contributed by atoms with Gasteiger partial charge in [0, 0.05) is 0 Å². The van der Waals surface area contributed by atoms with Gasteiger partial charge in [0.05, 0.1) is 0 Å². The molecule has 0 heteroatoms. The monoisotopic (exact) mass is 685 g/mol. The molecule has 3 aromatic rings. The highest BCUT2D eigenvalue weighted by Crippen LogP contribution is 2.39. The molecule has 1 aliphatic carbocycles. The van der Waals surface area contributed by atoms with Gasteiger partial charge in [0.25, 0.3) is 0 Å². The second kappa shape index (κ2) is 21.2. The lowest BCUT2D eigenvalue weighted by atomic mass is 9.82. The highest BCUT2D eigenvalue weighted by atomic mass is 14.3. The molecule has 0 nitrogen and oxygen atoms in total. The van der Waals surface area contributed by atoms with Crippen molar-refractivity contribution in [3.8, 4) is 0 Å². The van der Waals surface area contributed by atoms with E-state index in [1.807, 2.05) is 0 Å². The molecule has 0 heterocycles. The van der Waals surface area contributed by atoms with Crippen molar-refractivity contribution in [3.05, 3.63) is 107 Å². The Labute approximate surface area is 314 Å². The smallest absolute Gasteiger partial charge is 0.0185 e. The van der Waals surface area contributed by atoms with Crippen molar-refractivity contribution in [2.75, 3.05) is 0 Å². The third-order valence-corrected chi connectivity index (χ3v) is 9.02. The quantitative estimate of drug-likeness (QED) is 0.232. The maximum absolute atomic E-state index is 2.32. The summed E-state index contributed by atoms with van der Waals surface area (Å²) in [5, 5.41) is 0. The van der Waals surface area contributed by atoms with E-state index in [1.165, 1.54) is 66.3 Å². The molecule has 4 rings (SSSR count). The molecule has 3 unspecified atom stereocenters. The molecule has 3 aromatic carbocycles. The molecular formula is C50H84. The summed E-state index contributed by atoms with van der Waals surface area (Å²) in [5.41, 5.74) is 8.92. The molecule has 0 aliphatic heterocycles. The Balaban J connectivity index is 0.000000647. The normalized spacial score (nSPS) is 15.0. The zero-order valence-corrected chi connectivity index (χ0v) is 35.6. The second-order valence-electron chi connectivity index (χ2n) is 20.4. The standard InChI is InChI=1S/2C14H22.C13H20.C8H16.CH4/c2*1-11-6-8-13(9-7-11)12(2)10-14(3,4)5;1-11(10-13(2,3)4)12-8-6-5-7-9-12;1-8(2,3)6-7-4-5-7;/h2*6-9,12H,10H2,1-5H3;5-9,11H,10H2,1-4H3;7H,4-6H2,1-3H3;1H4. The van der Waals surface area contributed by atoms with E-state index in [-0.39, 0.29) is 7.43 Å². The summed E-state index contributed by atoms with van der Waals surface area (Å²) in [6.45, 7) is 38.9. The van der Waals surface area contributed by atoms with Crippen LogP contribution in [-0.4, -0.2) is 0 Å². The van der Waals surface area contributed by atoms with Crippen LogP contribution in [0.2, 0.25) is 0 Å².